The summed E-state index contributed by atoms with van der Waals surface area (Å²) in [6, 6.07) is 16.5. The summed E-state index contributed by atoms with van der Waals surface area (Å²) in [7, 11) is 0. The third-order valence-electron chi connectivity index (χ3n) is 3.66. The first kappa shape index (κ1) is 16.8. The van der Waals surface area contributed by atoms with E-state index in [2.05, 4.69) is 87.0 Å². The molecule has 1 nitrogen and oxygen atoms in total. The molecule has 0 aliphatic heterocycles. The lowest BCUT2D eigenvalue weighted by atomic mass is 10.1. The summed E-state index contributed by atoms with van der Waals surface area (Å²) in [4.78, 5) is 3.87. The van der Waals surface area contributed by atoms with Gasteiger partial charge in [0.2, 0.25) is 0 Å². The van der Waals surface area contributed by atoms with Crippen LogP contribution in [0.2, 0.25) is 0 Å². The van der Waals surface area contributed by atoms with E-state index in [4.69, 9.17) is 0 Å². The number of hydrogen-bond acceptors (Lipinski definition) is 3. The summed E-state index contributed by atoms with van der Waals surface area (Å²) in [5.41, 5.74) is 4.49. The molecule has 0 fully saturated rings. The molecule has 3 heteroatoms. The van der Waals surface area contributed by atoms with Crippen LogP contribution in [0.25, 0.3) is 9.81 Å². The Labute approximate surface area is 144 Å². The summed E-state index contributed by atoms with van der Waals surface area (Å²) in [5.74, 6) is 0. The highest BCUT2D eigenvalue weighted by Gasteiger charge is 2.08. The smallest absolute Gasteiger partial charge is 0.0406 e. The fraction of sp³-hybridized carbons (Fsp3) is 0.158. The predicted octanol–water partition coefficient (Wildman–Crippen LogP) is 5.65. The Morgan fingerprint density at radius 2 is 1.68 bits per heavy atom. The van der Waals surface area contributed by atoms with Gasteiger partial charge in [-0.2, -0.15) is 0 Å². The minimum Gasteiger partial charge on any atom is -0.349 e. The van der Waals surface area contributed by atoms with Gasteiger partial charge in [-0.1, -0.05) is 43.0 Å². The standard InChI is InChI=1S/C19H21NS2/c1-4-20(5-2)16-12-10-15(11-13-16)18(21)19(22)17-9-7-6-8-14(17)3/h4,6-13,21-22H,1,5H2,2-3H3/b19-18-. The molecule has 0 N–H and O–H groups in total. The molecule has 22 heavy (non-hydrogen) atoms. The maximum Gasteiger partial charge on any atom is 0.0406 e. The van der Waals surface area contributed by atoms with Crippen LogP contribution in [0.4, 0.5) is 5.69 Å². The van der Waals surface area contributed by atoms with Gasteiger partial charge in [0, 0.05) is 22.0 Å². The molecule has 2 rings (SSSR count). The van der Waals surface area contributed by atoms with Gasteiger partial charge in [0.25, 0.3) is 0 Å². The van der Waals surface area contributed by atoms with Crippen molar-refractivity contribution in [1.82, 2.24) is 0 Å². The molecule has 0 aliphatic rings. The minimum atomic E-state index is 0.880. The summed E-state index contributed by atoms with van der Waals surface area (Å²) >= 11 is 9.35. The highest BCUT2D eigenvalue weighted by molar-refractivity contribution is 7.96. The maximum atomic E-state index is 4.68. The van der Waals surface area contributed by atoms with Crippen molar-refractivity contribution in [2.45, 2.75) is 13.8 Å². The van der Waals surface area contributed by atoms with Crippen molar-refractivity contribution in [3.8, 4) is 0 Å². The van der Waals surface area contributed by atoms with E-state index in [0.717, 1.165) is 33.2 Å². The molecule has 0 unspecified atom stereocenters. The molecule has 2 aromatic carbocycles. The molecule has 0 bridgehead atoms. The van der Waals surface area contributed by atoms with E-state index in [1.54, 1.807) is 0 Å². The largest absolute Gasteiger partial charge is 0.349 e. The second-order valence-corrected chi connectivity index (χ2v) is 5.92. The Kier molecular flexibility index (Phi) is 5.81. The van der Waals surface area contributed by atoms with Crippen LogP contribution in [-0.4, -0.2) is 6.54 Å². The zero-order chi connectivity index (χ0) is 16.1. The molecule has 0 aliphatic carbocycles. The van der Waals surface area contributed by atoms with Crippen molar-refractivity contribution >= 4 is 40.8 Å². The Balaban J connectivity index is 2.37. The molecule has 0 saturated heterocycles. The first-order valence-corrected chi connectivity index (χ1v) is 8.15. The average Bonchev–Trinajstić information content (AvgIpc) is 2.56. The fourth-order valence-electron chi connectivity index (χ4n) is 2.33. The van der Waals surface area contributed by atoms with E-state index in [-0.39, 0.29) is 0 Å². The van der Waals surface area contributed by atoms with Gasteiger partial charge in [0.05, 0.1) is 0 Å². The van der Waals surface area contributed by atoms with Gasteiger partial charge in [0.1, 0.15) is 0 Å². The van der Waals surface area contributed by atoms with Crippen molar-refractivity contribution < 1.29 is 0 Å². The number of benzene rings is 2. The zero-order valence-electron chi connectivity index (χ0n) is 13.0. The van der Waals surface area contributed by atoms with Crippen LogP contribution in [0.3, 0.4) is 0 Å². The first-order valence-electron chi connectivity index (χ1n) is 7.26. The topological polar surface area (TPSA) is 3.24 Å². The van der Waals surface area contributed by atoms with Gasteiger partial charge < -0.3 is 4.90 Å². The zero-order valence-corrected chi connectivity index (χ0v) is 14.7. The fourth-order valence-corrected chi connectivity index (χ4v) is 2.98. The van der Waals surface area contributed by atoms with Gasteiger partial charge in [-0.25, -0.2) is 0 Å². The number of hydrogen-bond donors (Lipinski definition) is 2. The molecule has 0 amide bonds. The molecular weight excluding hydrogens is 306 g/mol. The van der Waals surface area contributed by atoms with Crippen LogP contribution in [-0.2, 0) is 0 Å². The van der Waals surface area contributed by atoms with Gasteiger partial charge in [-0.15, -0.1) is 25.3 Å². The van der Waals surface area contributed by atoms with Crippen molar-refractivity contribution in [2.24, 2.45) is 0 Å². The molecule has 0 atom stereocenters. The van der Waals surface area contributed by atoms with E-state index in [1.165, 1.54) is 5.56 Å². The molecule has 2 aromatic rings. The molecule has 0 radical (unpaired) electrons. The number of anilines is 1. The summed E-state index contributed by atoms with van der Waals surface area (Å²) in [6.45, 7) is 8.91. The highest BCUT2D eigenvalue weighted by atomic mass is 32.1. The third-order valence-corrected chi connectivity index (χ3v) is 4.78. The summed E-state index contributed by atoms with van der Waals surface area (Å²) in [5, 5.41) is 0. The number of nitrogens with zero attached hydrogens (tertiary/aromatic N) is 1. The molecule has 0 aromatic heterocycles. The molecular formula is C19H21NS2. The Morgan fingerprint density at radius 1 is 1.05 bits per heavy atom. The Morgan fingerprint density at radius 3 is 2.23 bits per heavy atom. The quantitative estimate of drug-likeness (QED) is 0.530. The lowest BCUT2D eigenvalue weighted by Crippen LogP contribution is -2.13. The van der Waals surface area contributed by atoms with Crippen LogP contribution in [0.15, 0.2) is 61.3 Å². The van der Waals surface area contributed by atoms with Crippen LogP contribution >= 0.6 is 25.3 Å². The van der Waals surface area contributed by atoms with Crippen molar-refractivity contribution in [3.05, 3.63) is 78.0 Å². The molecule has 0 saturated carbocycles. The number of aryl methyl sites for hydroxylation is 1. The van der Waals surface area contributed by atoms with E-state index in [1.807, 2.05) is 18.3 Å². The monoisotopic (exact) mass is 327 g/mol. The lowest BCUT2D eigenvalue weighted by Gasteiger charge is -2.18. The van der Waals surface area contributed by atoms with Crippen molar-refractivity contribution in [1.29, 1.82) is 0 Å². The van der Waals surface area contributed by atoms with Gasteiger partial charge >= 0.3 is 0 Å². The van der Waals surface area contributed by atoms with Crippen molar-refractivity contribution in [3.63, 3.8) is 0 Å². The van der Waals surface area contributed by atoms with E-state index >= 15 is 0 Å². The SMILES string of the molecule is C=CN(CC)c1ccc(/C(S)=C(/S)c2ccccc2C)cc1. The molecule has 0 spiro atoms. The first-order chi connectivity index (χ1) is 10.6. The number of rotatable bonds is 5. The van der Waals surface area contributed by atoms with Crippen molar-refractivity contribution in [2.75, 3.05) is 11.4 Å². The molecule has 0 heterocycles. The Bertz CT molecular complexity index is 687. The van der Waals surface area contributed by atoms with E-state index in [0.29, 0.717) is 0 Å². The van der Waals surface area contributed by atoms with Crippen LogP contribution in [0.5, 0.6) is 0 Å². The minimum absolute atomic E-state index is 0.880. The van der Waals surface area contributed by atoms with Gasteiger partial charge in [0.15, 0.2) is 0 Å². The van der Waals surface area contributed by atoms with Crippen LogP contribution < -0.4 is 4.90 Å². The summed E-state index contributed by atoms with van der Waals surface area (Å²) in [6.07, 6.45) is 1.84. The Hall–Kier alpha value is -1.58. The van der Waals surface area contributed by atoms with Crippen LogP contribution in [0, 0.1) is 6.92 Å². The summed E-state index contributed by atoms with van der Waals surface area (Å²) < 4.78 is 0. The third kappa shape index (κ3) is 3.60. The second kappa shape index (κ2) is 7.61. The van der Waals surface area contributed by atoms with Crippen LogP contribution in [0.1, 0.15) is 23.6 Å². The molecule has 114 valence electrons. The van der Waals surface area contributed by atoms with E-state index < -0.39 is 0 Å². The highest BCUT2D eigenvalue weighted by Crippen LogP contribution is 2.34. The van der Waals surface area contributed by atoms with E-state index in [9.17, 15) is 0 Å². The predicted molar refractivity (Wildman–Crippen MR) is 106 cm³/mol. The average molecular weight is 328 g/mol. The maximum absolute atomic E-state index is 4.68. The lowest BCUT2D eigenvalue weighted by molar-refractivity contribution is 1.02. The van der Waals surface area contributed by atoms with Gasteiger partial charge in [-0.05, 0) is 48.9 Å². The normalized spacial score (nSPS) is 11.8. The second-order valence-electron chi connectivity index (χ2n) is 5.03. The van der Waals surface area contributed by atoms with Gasteiger partial charge in [-0.3, -0.25) is 0 Å². The number of thiol groups is 2.